The molecule has 2 aromatic carbocycles. The van der Waals surface area contributed by atoms with E-state index in [9.17, 15) is 13.6 Å². The molecule has 2 aromatic rings. The van der Waals surface area contributed by atoms with Crippen molar-refractivity contribution in [1.82, 2.24) is 0 Å². The van der Waals surface area contributed by atoms with Crippen LogP contribution in [0.5, 0.6) is 5.75 Å². The van der Waals surface area contributed by atoms with Gasteiger partial charge in [0.25, 0.3) is 6.47 Å². The molecule has 5 nitrogen and oxygen atoms in total. The van der Waals surface area contributed by atoms with Crippen molar-refractivity contribution in [1.29, 1.82) is 0 Å². The average molecular weight is 546 g/mol. The molecule has 2 rings (SSSR count). The number of alkyl halides is 2. The van der Waals surface area contributed by atoms with Gasteiger partial charge in [-0.3, -0.25) is 9.59 Å². The molecule has 0 aromatic heterocycles. The molecule has 0 fully saturated rings. The van der Waals surface area contributed by atoms with Gasteiger partial charge in [-0.1, -0.05) is 78.1 Å². The molecule has 0 heterocycles. The van der Waals surface area contributed by atoms with Crippen LogP contribution in [0.4, 0.5) is 14.5 Å². The summed E-state index contributed by atoms with van der Waals surface area (Å²) in [5.74, 6) is -3.18. The summed E-state index contributed by atoms with van der Waals surface area (Å²) in [5, 5.41) is 10.4. The monoisotopic (exact) mass is 545 g/mol. The van der Waals surface area contributed by atoms with Crippen LogP contribution >= 0.6 is 20.8 Å². The predicted molar refractivity (Wildman–Crippen MR) is 147 cm³/mol. The number of anilines is 1. The highest BCUT2D eigenvalue weighted by atomic mass is 35.5. The summed E-state index contributed by atoms with van der Waals surface area (Å²) in [6.07, 6.45) is 3.12. The summed E-state index contributed by atoms with van der Waals surface area (Å²) in [5.41, 5.74) is 3.04. The van der Waals surface area contributed by atoms with Gasteiger partial charge >= 0.3 is 5.85 Å². The van der Waals surface area contributed by atoms with Crippen LogP contribution in [0.1, 0.15) is 83.4 Å². The molecule has 1 amide bonds. The number of carbonyl (C=O) groups excluding carboxylic acids is 1. The fourth-order valence-electron chi connectivity index (χ4n) is 3.44. The van der Waals surface area contributed by atoms with Gasteiger partial charge in [0.15, 0.2) is 0 Å². The van der Waals surface area contributed by atoms with Crippen molar-refractivity contribution in [3.8, 4) is 5.75 Å². The molecule has 0 saturated carbocycles. The molecular weight excluding hydrogens is 507 g/mol. The Morgan fingerprint density at radius 1 is 1.17 bits per heavy atom. The second-order valence-corrected chi connectivity index (χ2v) is 9.48. The topological polar surface area (TPSA) is 75.6 Å². The molecule has 36 heavy (non-hydrogen) atoms. The second-order valence-electron chi connectivity index (χ2n) is 8.37. The standard InChI is InChI=1S/C23H29ClF2NO2P.C3H8.CH2O2/c1-5-14(3)12-22(28)27-20-11-10-16(24)13-19(20)15(4)18-8-7-9-21(17(18)6-2)29-23(25,26)30;1-3-2;2-1-3/h7-11,13-15H,5-6,12,30H2,1-4H3,(H,27,28);3H2,1-2H3;1H,(H,2,3)/t14?,15-;;/m1../s1. The Hall–Kier alpha value is -2.24. The number of amides is 1. The van der Waals surface area contributed by atoms with Gasteiger partial charge in [0, 0.05) is 23.0 Å². The van der Waals surface area contributed by atoms with E-state index in [0.29, 0.717) is 29.1 Å². The molecule has 0 saturated heterocycles. The zero-order chi connectivity index (χ0) is 27.9. The van der Waals surface area contributed by atoms with Gasteiger partial charge in [0.1, 0.15) is 5.75 Å². The van der Waals surface area contributed by atoms with Crippen molar-refractivity contribution in [3.05, 3.63) is 58.1 Å². The zero-order valence-corrected chi connectivity index (χ0v) is 23.8. The zero-order valence-electron chi connectivity index (χ0n) is 21.9. The third kappa shape index (κ3) is 12.1. The molecule has 2 unspecified atom stereocenters. The summed E-state index contributed by atoms with van der Waals surface area (Å²) in [6, 6.07) is 10.4. The normalized spacial score (nSPS) is 12.2. The van der Waals surface area contributed by atoms with Crippen LogP contribution in [-0.2, 0) is 16.0 Å². The van der Waals surface area contributed by atoms with Crippen LogP contribution in [0.3, 0.4) is 0 Å². The number of carbonyl (C=O) groups is 2. The van der Waals surface area contributed by atoms with E-state index in [0.717, 1.165) is 17.5 Å². The van der Waals surface area contributed by atoms with Gasteiger partial charge in [0.05, 0.1) is 0 Å². The summed E-state index contributed by atoms with van der Waals surface area (Å²) >= 11 is 6.24. The highest BCUT2D eigenvalue weighted by molar-refractivity contribution is 7.17. The summed E-state index contributed by atoms with van der Waals surface area (Å²) in [4.78, 5) is 20.8. The Bertz CT molecular complexity index is 954. The summed E-state index contributed by atoms with van der Waals surface area (Å²) in [7, 11) is 1.40. The van der Waals surface area contributed by atoms with E-state index >= 15 is 0 Å². The van der Waals surface area contributed by atoms with Crippen LogP contribution < -0.4 is 10.1 Å². The van der Waals surface area contributed by atoms with Crippen molar-refractivity contribution >= 4 is 38.9 Å². The minimum Gasteiger partial charge on any atom is -0.483 e. The number of ether oxygens (including phenoxy) is 1. The Morgan fingerprint density at radius 3 is 2.25 bits per heavy atom. The number of nitrogens with one attached hydrogen (secondary N) is 1. The molecule has 202 valence electrons. The van der Waals surface area contributed by atoms with Gasteiger partial charge < -0.3 is 15.2 Å². The lowest BCUT2D eigenvalue weighted by atomic mass is 9.87. The van der Waals surface area contributed by atoms with Gasteiger partial charge in [-0.25, -0.2) is 0 Å². The quantitative estimate of drug-likeness (QED) is 0.245. The maximum absolute atomic E-state index is 13.4. The van der Waals surface area contributed by atoms with Crippen molar-refractivity contribution in [2.45, 2.75) is 79.0 Å². The Balaban J connectivity index is 0.00000185. The molecule has 9 heteroatoms. The molecule has 0 bridgehead atoms. The van der Waals surface area contributed by atoms with E-state index in [1.165, 1.54) is 15.7 Å². The number of hydrogen-bond acceptors (Lipinski definition) is 3. The third-order valence-corrected chi connectivity index (χ3v) is 5.57. The second kappa shape index (κ2) is 17.3. The van der Waals surface area contributed by atoms with Crippen molar-refractivity contribution in [2.24, 2.45) is 5.92 Å². The molecule has 0 aliphatic heterocycles. The van der Waals surface area contributed by atoms with E-state index < -0.39 is 5.85 Å². The molecule has 3 atom stereocenters. The van der Waals surface area contributed by atoms with Crippen molar-refractivity contribution in [3.63, 3.8) is 0 Å². The molecule has 0 aliphatic carbocycles. The van der Waals surface area contributed by atoms with Crippen LogP contribution in [0.25, 0.3) is 0 Å². The largest absolute Gasteiger partial charge is 0.483 e. The average Bonchev–Trinajstić information content (AvgIpc) is 2.79. The van der Waals surface area contributed by atoms with E-state index in [-0.39, 0.29) is 30.0 Å². The van der Waals surface area contributed by atoms with E-state index in [4.69, 9.17) is 26.2 Å². The maximum Gasteiger partial charge on any atom is 0.408 e. The summed E-state index contributed by atoms with van der Waals surface area (Å²) < 4.78 is 31.8. The minimum absolute atomic E-state index is 0.0597. The lowest BCUT2D eigenvalue weighted by molar-refractivity contribution is -0.123. The number of rotatable bonds is 9. The van der Waals surface area contributed by atoms with Gasteiger partial charge in [-0.2, -0.15) is 8.78 Å². The van der Waals surface area contributed by atoms with Crippen LogP contribution in [0.15, 0.2) is 36.4 Å². The van der Waals surface area contributed by atoms with Crippen molar-refractivity contribution < 1.29 is 28.2 Å². The van der Waals surface area contributed by atoms with E-state index in [1.807, 2.05) is 39.8 Å². The molecule has 0 radical (unpaired) electrons. The molecule has 0 aliphatic rings. The number of halogens is 3. The first-order valence-electron chi connectivity index (χ1n) is 12.0. The molecule has 2 N–H and O–H groups in total. The highest BCUT2D eigenvalue weighted by Gasteiger charge is 2.26. The van der Waals surface area contributed by atoms with Crippen LogP contribution in [0.2, 0.25) is 5.02 Å². The number of benzene rings is 2. The van der Waals surface area contributed by atoms with Gasteiger partial charge in [-0.05, 0) is 62.5 Å². The van der Waals surface area contributed by atoms with Crippen LogP contribution in [-0.4, -0.2) is 23.3 Å². The molecule has 0 spiro atoms. The Labute approximate surface area is 221 Å². The fraction of sp³-hybridized carbons (Fsp3) is 0.481. The lowest BCUT2D eigenvalue weighted by Gasteiger charge is -2.23. The molecular formula is C27H39ClF2NO4P. The highest BCUT2D eigenvalue weighted by Crippen LogP contribution is 2.39. The fourth-order valence-corrected chi connectivity index (χ4v) is 3.75. The smallest absolute Gasteiger partial charge is 0.408 e. The lowest BCUT2D eigenvalue weighted by Crippen LogP contribution is -2.18. The minimum atomic E-state index is -3.35. The SMILES string of the molecule is CCC.CCc1c(OC(F)(F)P)cccc1[C@@H](C)c1cc(Cl)ccc1NC(=O)CC(C)CC.O=CO. The van der Waals surface area contributed by atoms with Crippen LogP contribution in [0, 0.1) is 5.92 Å². The maximum atomic E-state index is 13.4. The number of hydrogen-bond donors (Lipinski definition) is 2. The third-order valence-electron chi connectivity index (χ3n) is 5.22. The number of carboxylic acid groups (broad SMARTS) is 1. The van der Waals surface area contributed by atoms with E-state index in [2.05, 4.69) is 19.2 Å². The predicted octanol–water partition coefficient (Wildman–Crippen LogP) is 8.35. The Kier molecular flexibility index (Phi) is 16.2. The first kappa shape index (κ1) is 33.8. The Morgan fingerprint density at radius 2 is 1.75 bits per heavy atom. The summed E-state index contributed by atoms with van der Waals surface area (Å²) in [6.45, 7) is 11.9. The first-order valence-corrected chi connectivity index (χ1v) is 13.0. The van der Waals surface area contributed by atoms with Crippen molar-refractivity contribution in [2.75, 3.05) is 5.32 Å². The van der Waals surface area contributed by atoms with Gasteiger partial charge in [0.2, 0.25) is 5.91 Å². The van der Waals surface area contributed by atoms with Gasteiger partial charge in [-0.15, -0.1) is 0 Å². The first-order chi connectivity index (χ1) is 16.9. The van der Waals surface area contributed by atoms with E-state index in [1.54, 1.807) is 24.3 Å².